The lowest BCUT2D eigenvalue weighted by Crippen LogP contribution is -2.41. The molecule has 29 heavy (non-hydrogen) atoms. The van der Waals surface area contributed by atoms with Crippen molar-refractivity contribution in [2.45, 2.75) is 19.0 Å². The lowest BCUT2D eigenvalue weighted by atomic mass is 9.97. The maximum absolute atomic E-state index is 13.1. The van der Waals surface area contributed by atoms with E-state index < -0.39 is 12.0 Å². The van der Waals surface area contributed by atoms with E-state index in [9.17, 15) is 18.0 Å². The number of halogens is 4. The van der Waals surface area contributed by atoms with Gasteiger partial charge in [-0.05, 0) is 43.2 Å². The minimum atomic E-state index is -4.66. The van der Waals surface area contributed by atoms with Crippen LogP contribution in [0, 0.1) is 5.92 Å². The summed E-state index contributed by atoms with van der Waals surface area (Å²) in [6.45, 7) is 0.928. The number of amides is 1. The summed E-state index contributed by atoms with van der Waals surface area (Å²) in [7, 11) is 0. The van der Waals surface area contributed by atoms with Crippen molar-refractivity contribution in [2.24, 2.45) is 5.92 Å². The summed E-state index contributed by atoms with van der Waals surface area (Å²) >= 11 is 5.94. The van der Waals surface area contributed by atoms with Gasteiger partial charge in [0.2, 0.25) is 5.91 Å². The minimum Gasteiger partial charge on any atom is -0.354 e. The lowest BCUT2D eigenvalue weighted by molar-refractivity contribution is -0.146. The highest BCUT2D eigenvalue weighted by atomic mass is 35.5. The van der Waals surface area contributed by atoms with Gasteiger partial charge in [0.15, 0.2) is 5.65 Å². The molecule has 1 aromatic carbocycles. The van der Waals surface area contributed by atoms with Gasteiger partial charge in [0.05, 0.1) is 5.92 Å². The van der Waals surface area contributed by atoms with Crippen LogP contribution in [0.3, 0.4) is 0 Å². The van der Waals surface area contributed by atoms with Crippen molar-refractivity contribution >= 4 is 34.7 Å². The summed E-state index contributed by atoms with van der Waals surface area (Å²) in [6, 6.07) is 9.86. The Balaban J connectivity index is 1.53. The van der Waals surface area contributed by atoms with Gasteiger partial charge in [-0.3, -0.25) is 4.79 Å². The number of carbonyl (C=O) groups is 1. The molecule has 3 aromatic rings. The van der Waals surface area contributed by atoms with Gasteiger partial charge in [-0.25, -0.2) is 0 Å². The van der Waals surface area contributed by atoms with E-state index in [4.69, 9.17) is 11.6 Å². The third kappa shape index (κ3) is 4.12. The Morgan fingerprint density at radius 1 is 1.21 bits per heavy atom. The molecule has 152 valence electrons. The van der Waals surface area contributed by atoms with Crippen LogP contribution < -0.4 is 10.2 Å². The first kappa shape index (κ1) is 19.4. The van der Waals surface area contributed by atoms with Crippen molar-refractivity contribution in [3.8, 4) is 0 Å². The smallest absolute Gasteiger partial charge is 0.354 e. The number of carbonyl (C=O) groups excluding carboxylic acids is 1. The van der Waals surface area contributed by atoms with Gasteiger partial charge in [-0.1, -0.05) is 17.7 Å². The molecule has 1 amide bonds. The number of fused-ring (bicyclic) bond motifs is 1. The predicted octanol–water partition coefficient (Wildman–Crippen LogP) is 3.65. The summed E-state index contributed by atoms with van der Waals surface area (Å²) in [4.78, 5) is 14.4. The number of hydrogen-bond acceptors (Lipinski definition) is 5. The van der Waals surface area contributed by atoms with E-state index in [1.54, 1.807) is 35.2 Å². The van der Waals surface area contributed by atoms with Crippen LogP contribution in [0.4, 0.5) is 24.7 Å². The van der Waals surface area contributed by atoms with Crippen LogP contribution >= 0.6 is 11.6 Å². The Labute approximate surface area is 168 Å². The molecule has 0 aliphatic carbocycles. The normalized spacial score (nSPS) is 17.5. The highest BCUT2D eigenvalue weighted by molar-refractivity contribution is 6.30. The first-order valence-electron chi connectivity index (χ1n) is 8.92. The van der Waals surface area contributed by atoms with Crippen molar-refractivity contribution in [3.63, 3.8) is 0 Å². The molecule has 2 aromatic heterocycles. The number of anilines is 2. The summed E-state index contributed by atoms with van der Waals surface area (Å²) in [5.74, 6) is -1.34. The van der Waals surface area contributed by atoms with E-state index in [-0.39, 0.29) is 17.5 Å². The molecular weight excluding hydrogens is 409 g/mol. The van der Waals surface area contributed by atoms with Crippen molar-refractivity contribution in [2.75, 3.05) is 23.3 Å². The monoisotopic (exact) mass is 424 g/mol. The predicted molar refractivity (Wildman–Crippen MR) is 101 cm³/mol. The average Bonchev–Trinajstić information content (AvgIpc) is 3.12. The molecule has 11 heteroatoms. The largest absolute Gasteiger partial charge is 0.453 e. The minimum absolute atomic E-state index is 0.00772. The number of alkyl halides is 3. The second-order valence-corrected chi connectivity index (χ2v) is 7.20. The maximum Gasteiger partial charge on any atom is 0.453 e. The molecule has 1 aliphatic rings. The van der Waals surface area contributed by atoms with Crippen molar-refractivity contribution < 1.29 is 18.0 Å². The van der Waals surface area contributed by atoms with Crippen LogP contribution in [0.1, 0.15) is 18.7 Å². The van der Waals surface area contributed by atoms with Crippen molar-refractivity contribution in [1.29, 1.82) is 0 Å². The number of nitrogens with one attached hydrogen (secondary N) is 1. The molecule has 1 aliphatic heterocycles. The highest BCUT2D eigenvalue weighted by Crippen LogP contribution is 2.29. The van der Waals surface area contributed by atoms with Gasteiger partial charge in [0.1, 0.15) is 5.82 Å². The molecule has 1 atom stereocenters. The van der Waals surface area contributed by atoms with Crippen LogP contribution in [0.5, 0.6) is 0 Å². The molecule has 1 fully saturated rings. The van der Waals surface area contributed by atoms with Crippen LogP contribution in [0.15, 0.2) is 36.4 Å². The summed E-state index contributed by atoms with van der Waals surface area (Å²) in [5.41, 5.74) is 0.604. The van der Waals surface area contributed by atoms with Gasteiger partial charge in [0, 0.05) is 23.8 Å². The molecule has 1 saturated heterocycles. The third-order valence-corrected chi connectivity index (χ3v) is 4.95. The zero-order valence-corrected chi connectivity index (χ0v) is 15.8. The van der Waals surface area contributed by atoms with E-state index >= 15 is 0 Å². The molecule has 3 heterocycles. The Bertz CT molecular complexity index is 1050. The fraction of sp³-hybridized carbons (Fsp3) is 0.333. The third-order valence-electron chi connectivity index (χ3n) is 4.71. The molecule has 0 saturated carbocycles. The van der Waals surface area contributed by atoms with Crippen molar-refractivity contribution in [3.05, 3.63) is 47.2 Å². The second-order valence-electron chi connectivity index (χ2n) is 6.77. The topological polar surface area (TPSA) is 75.4 Å². The summed E-state index contributed by atoms with van der Waals surface area (Å²) < 4.78 is 40.0. The molecular formula is C18H16ClF3N6O. The fourth-order valence-corrected chi connectivity index (χ4v) is 3.52. The number of aromatic nitrogens is 4. The van der Waals surface area contributed by atoms with Crippen LogP contribution in [-0.2, 0) is 11.0 Å². The lowest BCUT2D eigenvalue weighted by Gasteiger charge is -2.32. The highest BCUT2D eigenvalue weighted by Gasteiger charge is 2.38. The SMILES string of the molecule is O=C(Nc1cccc(Cl)c1)C1CCCN(c2ccc3nnc(C(F)(F)F)n3n2)C1. The number of rotatable bonds is 3. The van der Waals surface area contributed by atoms with Gasteiger partial charge in [-0.2, -0.15) is 17.7 Å². The quantitative estimate of drug-likeness (QED) is 0.694. The molecule has 7 nitrogen and oxygen atoms in total. The Morgan fingerprint density at radius 2 is 2.03 bits per heavy atom. The fourth-order valence-electron chi connectivity index (χ4n) is 3.33. The Morgan fingerprint density at radius 3 is 2.79 bits per heavy atom. The zero-order valence-electron chi connectivity index (χ0n) is 15.0. The van der Waals surface area contributed by atoms with Gasteiger partial charge in [-0.15, -0.1) is 15.3 Å². The number of piperidine rings is 1. The molecule has 0 bridgehead atoms. The Kier molecular flexibility index (Phi) is 5.03. The van der Waals surface area contributed by atoms with Gasteiger partial charge >= 0.3 is 6.18 Å². The zero-order chi connectivity index (χ0) is 20.6. The number of hydrogen-bond donors (Lipinski definition) is 1. The van der Waals surface area contributed by atoms with Crippen LogP contribution in [0.25, 0.3) is 5.65 Å². The second kappa shape index (κ2) is 7.51. The first-order chi connectivity index (χ1) is 13.8. The summed E-state index contributed by atoms with van der Waals surface area (Å²) in [6.07, 6.45) is -3.28. The molecule has 1 N–H and O–H groups in total. The van der Waals surface area contributed by atoms with E-state index in [1.165, 1.54) is 6.07 Å². The van der Waals surface area contributed by atoms with Crippen LogP contribution in [0.2, 0.25) is 5.02 Å². The van der Waals surface area contributed by atoms with E-state index in [0.717, 1.165) is 0 Å². The molecule has 0 spiro atoms. The van der Waals surface area contributed by atoms with Crippen LogP contribution in [-0.4, -0.2) is 38.8 Å². The summed E-state index contributed by atoms with van der Waals surface area (Å²) in [5, 5.41) is 14.1. The standard InChI is InChI=1S/C18H16ClF3N6O/c19-12-4-1-5-13(9-12)23-16(29)11-3-2-8-27(10-11)15-7-6-14-24-25-17(18(20,21)22)28(14)26-15/h1,4-7,9,11H,2-3,8,10H2,(H,23,29). The Hall–Kier alpha value is -2.88. The van der Waals surface area contributed by atoms with Crippen molar-refractivity contribution in [1.82, 2.24) is 19.8 Å². The maximum atomic E-state index is 13.1. The van der Waals surface area contributed by atoms with E-state index in [0.29, 0.717) is 47.0 Å². The molecule has 4 rings (SSSR count). The van der Waals surface area contributed by atoms with Gasteiger partial charge in [0.25, 0.3) is 5.82 Å². The first-order valence-corrected chi connectivity index (χ1v) is 9.30. The number of nitrogens with zero attached hydrogens (tertiary/aromatic N) is 5. The van der Waals surface area contributed by atoms with Gasteiger partial charge < -0.3 is 10.2 Å². The molecule has 1 unspecified atom stereocenters. The van der Waals surface area contributed by atoms with E-state index in [2.05, 4.69) is 20.6 Å². The molecule has 0 radical (unpaired) electrons. The van der Waals surface area contributed by atoms with E-state index in [1.807, 2.05) is 0 Å². The number of benzene rings is 1. The average molecular weight is 425 g/mol.